The lowest BCUT2D eigenvalue weighted by Gasteiger charge is -2.31. The first kappa shape index (κ1) is 16.2. The molecule has 0 bridgehead atoms. The van der Waals surface area contributed by atoms with Crippen molar-refractivity contribution >= 4 is 10.0 Å². The van der Waals surface area contributed by atoms with Gasteiger partial charge in [-0.05, 0) is 31.9 Å². The molecule has 1 unspecified atom stereocenters. The Morgan fingerprint density at radius 1 is 1.48 bits per heavy atom. The summed E-state index contributed by atoms with van der Waals surface area (Å²) in [7, 11) is -3.05. The van der Waals surface area contributed by atoms with E-state index in [1.54, 1.807) is 16.7 Å². The Labute approximate surface area is 126 Å². The molecule has 0 aromatic carbocycles. The number of nitrogens with zero attached hydrogens (tertiary/aromatic N) is 2. The minimum absolute atomic E-state index is 0.0436. The lowest BCUT2D eigenvalue weighted by molar-refractivity contribution is 0.199. The van der Waals surface area contributed by atoms with Crippen molar-refractivity contribution in [1.82, 2.24) is 14.6 Å². The Morgan fingerprint density at radius 3 is 2.76 bits per heavy atom. The number of rotatable bonds is 6. The van der Waals surface area contributed by atoms with Crippen LogP contribution >= 0.6 is 0 Å². The van der Waals surface area contributed by atoms with Crippen molar-refractivity contribution in [2.24, 2.45) is 0 Å². The van der Waals surface area contributed by atoms with Crippen molar-refractivity contribution in [3.05, 3.63) is 24.5 Å². The third-order valence-corrected chi connectivity index (χ3v) is 4.89. The van der Waals surface area contributed by atoms with Crippen LogP contribution in [0, 0.1) is 0 Å². The number of hydrogen-bond acceptors (Lipinski definition) is 5. The van der Waals surface area contributed by atoms with E-state index in [-0.39, 0.29) is 6.10 Å². The van der Waals surface area contributed by atoms with E-state index in [1.165, 1.54) is 6.26 Å². The summed E-state index contributed by atoms with van der Waals surface area (Å²) in [5.74, 6) is 0.763. The van der Waals surface area contributed by atoms with E-state index in [0.29, 0.717) is 19.1 Å². The van der Waals surface area contributed by atoms with Crippen LogP contribution in [0.3, 0.4) is 0 Å². The number of ether oxygens (including phenoxy) is 1. The number of nitrogens with one attached hydrogen (secondary N) is 1. The molecule has 7 heteroatoms. The average molecular weight is 313 g/mol. The Balaban J connectivity index is 1.70. The Kier molecular flexibility index (Phi) is 5.55. The van der Waals surface area contributed by atoms with E-state index in [2.05, 4.69) is 10.3 Å². The van der Waals surface area contributed by atoms with Gasteiger partial charge in [-0.25, -0.2) is 12.7 Å². The highest BCUT2D eigenvalue weighted by molar-refractivity contribution is 7.88. The van der Waals surface area contributed by atoms with Gasteiger partial charge in [0.05, 0.1) is 12.5 Å². The van der Waals surface area contributed by atoms with Gasteiger partial charge in [0, 0.05) is 31.9 Å². The molecule has 2 heterocycles. The van der Waals surface area contributed by atoms with Crippen LogP contribution in [0.1, 0.15) is 19.8 Å². The van der Waals surface area contributed by atoms with Crippen LogP contribution in [0.4, 0.5) is 0 Å². The molecule has 1 aliphatic rings. The van der Waals surface area contributed by atoms with E-state index in [1.807, 2.05) is 19.1 Å². The second-order valence-electron chi connectivity index (χ2n) is 5.46. The highest BCUT2D eigenvalue weighted by atomic mass is 32.2. The molecular weight excluding hydrogens is 290 g/mol. The molecule has 118 valence electrons. The van der Waals surface area contributed by atoms with E-state index in [9.17, 15) is 8.42 Å². The van der Waals surface area contributed by atoms with Crippen LogP contribution in [0.5, 0.6) is 5.75 Å². The van der Waals surface area contributed by atoms with E-state index in [0.717, 1.165) is 25.1 Å². The summed E-state index contributed by atoms with van der Waals surface area (Å²) in [6.07, 6.45) is 6.40. The molecule has 1 saturated heterocycles. The van der Waals surface area contributed by atoms with Gasteiger partial charge in [0.25, 0.3) is 0 Å². The maximum absolute atomic E-state index is 11.4. The lowest BCUT2D eigenvalue weighted by atomic mass is 10.1. The smallest absolute Gasteiger partial charge is 0.211 e. The van der Waals surface area contributed by atoms with Gasteiger partial charge in [-0.1, -0.05) is 0 Å². The first-order valence-corrected chi connectivity index (χ1v) is 9.05. The van der Waals surface area contributed by atoms with Crippen LogP contribution in [0.2, 0.25) is 0 Å². The monoisotopic (exact) mass is 313 g/mol. The highest BCUT2D eigenvalue weighted by Gasteiger charge is 2.24. The molecule has 6 nitrogen and oxygen atoms in total. The lowest BCUT2D eigenvalue weighted by Crippen LogP contribution is -2.46. The van der Waals surface area contributed by atoms with E-state index >= 15 is 0 Å². The number of pyridine rings is 1. The van der Waals surface area contributed by atoms with Gasteiger partial charge in [-0.15, -0.1) is 0 Å². The van der Waals surface area contributed by atoms with Crippen molar-refractivity contribution < 1.29 is 13.2 Å². The van der Waals surface area contributed by atoms with Gasteiger partial charge in [-0.2, -0.15) is 0 Å². The van der Waals surface area contributed by atoms with Crippen molar-refractivity contribution in [2.45, 2.75) is 31.9 Å². The number of aromatic nitrogens is 1. The molecule has 21 heavy (non-hydrogen) atoms. The summed E-state index contributed by atoms with van der Waals surface area (Å²) in [5, 5.41) is 3.45. The molecule has 1 aliphatic heterocycles. The molecule has 1 N–H and O–H groups in total. The molecule has 1 aromatic heterocycles. The Hall–Kier alpha value is -1.18. The van der Waals surface area contributed by atoms with Crippen molar-refractivity contribution in [1.29, 1.82) is 0 Å². The molecule has 0 radical (unpaired) electrons. The normalized spacial score (nSPS) is 19.3. The SMILES string of the molecule is CC(CNC1CCN(S(C)(=O)=O)CC1)Oc1cccnc1. The van der Waals surface area contributed by atoms with Crippen LogP contribution in [-0.2, 0) is 10.0 Å². The summed E-state index contributed by atoms with van der Waals surface area (Å²) < 4.78 is 30.2. The van der Waals surface area contributed by atoms with E-state index in [4.69, 9.17) is 4.74 Å². The zero-order valence-corrected chi connectivity index (χ0v) is 13.3. The minimum Gasteiger partial charge on any atom is -0.488 e. The Bertz CT molecular complexity index is 528. The van der Waals surface area contributed by atoms with E-state index < -0.39 is 10.0 Å². The Morgan fingerprint density at radius 2 is 2.19 bits per heavy atom. The highest BCUT2D eigenvalue weighted by Crippen LogP contribution is 2.14. The van der Waals surface area contributed by atoms with Crippen LogP contribution in [-0.4, -0.2) is 55.7 Å². The zero-order chi connectivity index (χ0) is 15.3. The largest absolute Gasteiger partial charge is 0.488 e. The number of piperidine rings is 1. The standard InChI is InChI=1S/C14H23N3O3S/c1-12(20-14-4-3-7-15-11-14)10-16-13-5-8-17(9-6-13)21(2,18)19/h3-4,7,11-13,16H,5-6,8-10H2,1-2H3. The maximum Gasteiger partial charge on any atom is 0.211 e. The zero-order valence-electron chi connectivity index (χ0n) is 12.5. The molecule has 0 spiro atoms. The predicted molar refractivity (Wildman–Crippen MR) is 81.8 cm³/mol. The fourth-order valence-electron chi connectivity index (χ4n) is 2.41. The summed E-state index contributed by atoms with van der Waals surface area (Å²) in [6, 6.07) is 4.08. The summed E-state index contributed by atoms with van der Waals surface area (Å²) >= 11 is 0. The number of sulfonamides is 1. The first-order chi connectivity index (χ1) is 9.95. The van der Waals surface area contributed by atoms with Crippen molar-refractivity contribution in [3.8, 4) is 5.75 Å². The third-order valence-electron chi connectivity index (χ3n) is 3.59. The topological polar surface area (TPSA) is 71.5 Å². The summed E-state index contributed by atoms with van der Waals surface area (Å²) in [6.45, 7) is 3.92. The molecule has 0 saturated carbocycles. The summed E-state index contributed by atoms with van der Waals surface area (Å²) in [4.78, 5) is 4.01. The first-order valence-electron chi connectivity index (χ1n) is 7.20. The maximum atomic E-state index is 11.4. The van der Waals surface area contributed by atoms with Crippen LogP contribution in [0.15, 0.2) is 24.5 Å². The van der Waals surface area contributed by atoms with Crippen LogP contribution < -0.4 is 10.1 Å². The molecular formula is C14H23N3O3S. The molecule has 0 amide bonds. The second kappa shape index (κ2) is 7.20. The molecule has 1 atom stereocenters. The molecule has 0 aliphatic carbocycles. The fraction of sp³-hybridized carbons (Fsp3) is 0.643. The van der Waals surface area contributed by atoms with Gasteiger partial charge in [-0.3, -0.25) is 4.98 Å². The summed E-state index contributed by atoms with van der Waals surface area (Å²) in [5.41, 5.74) is 0. The third kappa shape index (κ3) is 5.26. The molecule has 2 rings (SSSR count). The fourth-order valence-corrected chi connectivity index (χ4v) is 3.29. The van der Waals surface area contributed by atoms with Gasteiger partial charge in [0.15, 0.2) is 0 Å². The predicted octanol–water partition coefficient (Wildman–Crippen LogP) is 0.863. The average Bonchev–Trinajstić information content (AvgIpc) is 2.46. The van der Waals surface area contributed by atoms with Gasteiger partial charge in [0.1, 0.15) is 11.9 Å². The number of hydrogen-bond donors (Lipinski definition) is 1. The van der Waals surface area contributed by atoms with Gasteiger partial charge < -0.3 is 10.1 Å². The molecule has 1 aromatic rings. The van der Waals surface area contributed by atoms with Crippen molar-refractivity contribution in [2.75, 3.05) is 25.9 Å². The van der Waals surface area contributed by atoms with Crippen molar-refractivity contribution in [3.63, 3.8) is 0 Å². The van der Waals surface area contributed by atoms with Crippen LogP contribution in [0.25, 0.3) is 0 Å². The molecule has 1 fully saturated rings. The second-order valence-corrected chi connectivity index (χ2v) is 7.44. The van der Waals surface area contributed by atoms with Gasteiger partial charge in [0.2, 0.25) is 10.0 Å². The minimum atomic E-state index is -3.05. The van der Waals surface area contributed by atoms with Gasteiger partial charge >= 0.3 is 0 Å². The quantitative estimate of drug-likeness (QED) is 0.843.